The number of fused-ring (bicyclic) bond motifs is 1. The molecule has 0 aromatic heterocycles. The Morgan fingerprint density at radius 3 is 2.60 bits per heavy atom. The molecule has 1 unspecified atom stereocenters. The Balaban J connectivity index is 1.43. The molecule has 2 aliphatic heterocycles. The standard InChI is InChI=1S/C24H30N2O4/c1-18(14-19-6-4-3-5-7-19)25-12-10-20(11-13-25)26(24(27)16-28-2)21-8-9-22-23(15-21)30-17-29-22/h3-9,15,18,20H,10-14,16-17H2,1-2H3. The Morgan fingerprint density at radius 1 is 1.13 bits per heavy atom. The van der Waals surface area contributed by atoms with E-state index in [9.17, 15) is 4.79 Å². The van der Waals surface area contributed by atoms with Crippen LogP contribution in [0.15, 0.2) is 48.5 Å². The molecule has 2 aromatic rings. The lowest BCUT2D eigenvalue weighted by Gasteiger charge is -2.40. The van der Waals surface area contributed by atoms with Gasteiger partial charge in [0.05, 0.1) is 0 Å². The van der Waals surface area contributed by atoms with Gasteiger partial charge in [0.25, 0.3) is 5.91 Å². The normalized spacial score (nSPS) is 17.7. The molecule has 0 spiro atoms. The number of anilines is 1. The van der Waals surface area contributed by atoms with Crippen molar-refractivity contribution < 1.29 is 19.0 Å². The van der Waals surface area contributed by atoms with E-state index in [0.717, 1.165) is 43.8 Å². The largest absolute Gasteiger partial charge is 0.454 e. The number of likely N-dealkylation sites (tertiary alicyclic amines) is 1. The van der Waals surface area contributed by atoms with Crippen LogP contribution in [0.1, 0.15) is 25.3 Å². The maximum atomic E-state index is 12.9. The molecule has 1 fully saturated rings. The first-order valence-electron chi connectivity index (χ1n) is 10.6. The summed E-state index contributed by atoms with van der Waals surface area (Å²) >= 11 is 0. The number of amides is 1. The van der Waals surface area contributed by atoms with Gasteiger partial charge in [0.2, 0.25) is 6.79 Å². The fourth-order valence-electron chi connectivity index (χ4n) is 4.46. The first kappa shape index (κ1) is 20.7. The number of carbonyl (C=O) groups excluding carboxylic acids is 1. The lowest BCUT2D eigenvalue weighted by atomic mass is 9.98. The van der Waals surface area contributed by atoms with Crippen LogP contribution < -0.4 is 14.4 Å². The molecular weight excluding hydrogens is 380 g/mol. The Hall–Kier alpha value is -2.57. The maximum Gasteiger partial charge on any atom is 0.253 e. The van der Waals surface area contributed by atoms with Crippen molar-refractivity contribution in [3.05, 3.63) is 54.1 Å². The summed E-state index contributed by atoms with van der Waals surface area (Å²) in [5.74, 6) is 1.39. The van der Waals surface area contributed by atoms with Gasteiger partial charge in [0.15, 0.2) is 11.5 Å². The summed E-state index contributed by atoms with van der Waals surface area (Å²) in [4.78, 5) is 17.3. The lowest BCUT2D eigenvalue weighted by molar-refractivity contribution is -0.122. The third-order valence-corrected chi connectivity index (χ3v) is 6.03. The van der Waals surface area contributed by atoms with Crippen molar-refractivity contribution in [2.45, 2.75) is 38.3 Å². The molecule has 30 heavy (non-hydrogen) atoms. The fourth-order valence-corrected chi connectivity index (χ4v) is 4.46. The summed E-state index contributed by atoms with van der Waals surface area (Å²) in [6, 6.07) is 17.0. The minimum Gasteiger partial charge on any atom is -0.454 e. The Bertz CT molecular complexity index is 850. The SMILES string of the molecule is COCC(=O)N(c1ccc2c(c1)OCO2)C1CCN(C(C)Cc2ccccc2)CC1. The average Bonchev–Trinajstić information content (AvgIpc) is 3.23. The van der Waals surface area contributed by atoms with Gasteiger partial charge in [-0.1, -0.05) is 30.3 Å². The highest BCUT2D eigenvalue weighted by Crippen LogP contribution is 2.37. The number of hydrogen-bond donors (Lipinski definition) is 0. The average molecular weight is 411 g/mol. The van der Waals surface area contributed by atoms with Crippen LogP contribution in [0.5, 0.6) is 11.5 Å². The van der Waals surface area contributed by atoms with Gasteiger partial charge in [0, 0.05) is 44.0 Å². The summed E-state index contributed by atoms with van der Waals surface area (Å²) in [5.41, 5.74) is 2.21. The summed E-state index contributed by atoms with van der Waals surface area (Å²) in [6.45, 7) is 4.53. The summed E-state index contributed by atoms with van der Waals surface area (Å²) in [7, 11) is 1.56. The van der Waals surface area contributed by atoms with Crippen molar-refractivity contribution in [1.82, 2.24) is 4.90 Å². The Morgan fingerprint density at radius 2 is 1.87 bits per heavy atom. The van der Waals surface area contributed by atoms with Crippen molar-refractivity contribution in [1.29, 1.82) is 0 Å². The van der Waals surface area contributed by atoms with Gasteiger partial charge in [-0.05, 0) is 43.9 Å². The molecule has 2 heterocycles. The number of rotatable bonds is 7. The minimum absolute atomic E-state index is 0.0212. The monoisotopic (exact) mass is 410 g/mol. The highest BCUT2D eigenvalue weighted by atomic mass is 16.7. The molecule has 0 saturated carbocycles. The number of ether oxygens (including phenoxy) is 3. The molecule has 1 amide bonds. The van der Waals surface area contributed by atoms with E-state index >= 15 is 0 Å². The second-order valence-electron chi connectivity index (χ2n) is 8.04. The zero-order valence-electron chi connectivity index (χ0n) is 17.8. The predicted octanol–water partition coefficient (Wildman–Crippen LogP) is 3.49. The van der Waals surface area contributed by atoms with Gasteiger partial charge >= 0.3 is 0 Å². The molecule has 0 N–H and O–H groups in total. The molecule has 0 radical (unpaired) electrons. The number of methoxy groups -OCH3 is 1. The maximum absolute atomic E-state index is 12.9. The number of hydrogen-bond acceptors (Lipinski definition) is 5. The van der Waals surface area contributed by atoms with Crippen molar-refractivity contribution in [3.8, 4) is 11.5 Å². The second-order valence-corrected chi connectivity index (χ2v) is 8.04. The van der Waals surface area contributed by atoms with Crippen molar-refractivity contribution in [2.24, 2.45) is 0 Å². The highest BCUT2D eigenvalue weighted by molar-refractivity contribution is 5.95. The topological polar surface area (TPSA) is 51.2 Å². The molecule has 6 nitrogen and oxygen atoms in total. The van der Waals surface area contributed by atoms with Gasteiger partial charge in [-0.3, -0.25) is 4.79 Å². The van der Waals surface area contributed by atoms with Gasteiger partial charge in [-0.25, -0.2) is 0 Å². The van der Waals surface area contributed by atoms with Crippen LogP contribution >= 0.6 is 0 Å². The Kier molecular flexibility index (Phi) is 6.55. The van der Waals surface area contributed by atoms with Gasteiger partial charge in [0.1, 0.15) is 6.61 Å². The third-order valence-electron chi connectivity index (χ3n) is 6.03. The van der Waals surface area contributed by atoms with E-state index in [1.807, 2.05) is 23.1 Å². The van der Waals surface area contributed by atoms with Crippen LogP contribution in [0.25, 0.3) is 0 Å². The summed E-state index contributed by atoms with van der Waals surface area (Å²) < 4.78 is 16.1. The van der Waals surface area contributed by atoms with E-state index in [-0.39, 0.29) is 25.3 Å². The van der Waals surface area contributed by atoms with E-state index in [2.05, 4.69) is 42.2 Å². The number of nitrogens with zero attached hydrogens (tertiary/aromatic N) is 2. The second kappa shape index (κ2) is 9.49. The lowest BCUT2D eigenvalue weighted by Crippen LogP contribution is -2.50. The molecule has 1 saturated heterocycles. The molecule has 0 bridgehead atoms. The summed E-state index contributed by atoms with van der Waals surface area (Å²) in [5, 5.41) is 0. The van der Waals surface area contributed by atoms with E-state index in [1.165, 1.54) is 5.56 Å². The van der Waals surface area contributed by atoms with Crippen molar-refractivity contribution in [2.75, 3.05) is 38.5 Å². The smallest absolute Gasteiger partial charge is 0.253 e. The van der Waals surface area contributed by atoms with E-state index in [0.29, 0.717) is 11.8 Å². The zero-order valence-corrected chi connectivity index (χ0v) is 17.8. The highest BCUT2D eigenvalue weighted by Gasteiger charge is 2.31. The minimum atomic E-state index is -0.0212. The quantitative estimate of drug-likeness (QED) is 0.699. The van der Waals surface area contributed by atoms with Crippen LogP contribution in [0.4, 0.5) is 5.69 Å². The molecule has 2 aromatic carbocycles. The molecule has 1 atom stereocenters. The molecular formula is C24H30N2O4. The number of piperidine rings is 1. The van der Waals surface area contributed by atoms with Crippen LogP contribution in [0.2, 0.25) is 0 Å². The van der Waals surface area contributed by atoms with Gasteiger partial charge in [-0.15, -0.1) is 0 Å². The Labute approximate surface area is 178 Å². The molecule has 4 rings (SSSR count). The first-order valence-corrected chi connectivity index (χ1v) is 10.6. The van der Waals surface area contributed by atoms with Crippen molar-refractivity contribution >= 4 is 11.6 Å². The van der Waals surface area contributed by atoms with Crippen molar-refractivity contribution in [3.63, 3.8) is 0 Å². The van der Waals surface area contributed by atoms with E-state index < -0.39 is 0 Å². The molecule has 6 heteroatoms. The van der Waals surface area contributed by atoms with Crippen LogP contribution in [-0.2, 0) is 16.0 Å². The van der Waals surface area contributed by atoms with Crippen LogP contribution in [0, 0.1) is 0 Å². The van der Waals surface area contributed by atoms with Crippen LogP contribution in [0.3, 0.4) is 0 Å². The predicted molar refractivity (Wildman–Crippen MR) is 116 cm³/mol. The molecule has 0 aliphatic carbocycles. The molecule has 2 aliphatic rings. The zero-order chi connectivity index (χ0) is 20.9. The third kappa shape index (κ3) is 4.60. The molecule has 160 valence electrons. The van der Waals surface area contributed by atoms with Crippen LogP contribution in [-0.4, -0.2) is 56.5 Å². The van der Waals surface area contributed by atoms with E-state index in [4.69, 9.17) is 14.2 Å². The van der Waals surface area contributed by atoms with Gasteiger partial charge < -0.3 is 24.0 Å². The number of benzene rings is 2. The van der Waals surface area contributed by atoms with Gasteiger partial charge in [-0.2, -0.15) is 0 Å². The number of carbonyl (C=O) groups is 1. The van der Waals surface area contributed by atoms with E-state index in [1.54, 1.807) is 7.11 Å². The first-order chi connectivity index (χ1) is 14.7. The summed E-state index contributed by atoms with van der Waals surface area (Å²) in [6.07, 6.45) is 2.91. The fraction of sp³-hybridized carbons (Fsp3) is 0.458.